The summed E-state index contributed by atoms with van der Waals surface area (Å²) in [6.45, 7) is 13.3. The average Bonchev–Trinajstić information content (AvgIpc) is 2.23. The van der Waals surface area contributed by atoms with E-state index in [0.29, 0.717) is 6.42 Å². The van der Waals surface area contributed by atoms with Crippen molar-refractivity contribution in [1.29, 1.82) is 0 Å². The lowest BCUT2D eigenvalue weighted by molar-refractivity contribution is -0.142. The van der Waals surface area contributed by atoms with Crippen LogP contribution in [0.1, 0.15) is 47.5 Å². The first-order valence-electron chi connectivity index (χ1n) is 6.76. The summed E-state index contributed by atoms with van der Waals surface area (Å²) in [6, 6.07) is -0.976. The summed E-state index contributed by atoms with van der Waals surface area (Å²) in [5.74, 6) is -1.07. The van der Waals surface area contributed by atoms with E-state index in [9.17, 15) is 9.59 Å². The van der Waals surface area contributed by atoms with Crippen LogP contribution >= 0.6 is 0 Å². The van der Waals surface area contributed by atoms with E-state index in [-0.39, 0.29) is 12.0 Å². The minimum absolute atomic E-state index is 0.0122. The van der Waals surface area contributed by atoms with Crippen molar-refractivity contribution in [3.05, 3.63) is 12.7 Å². The van der Waals surface area contributed by atoms with Gasteiger partial charge in [0, 0.05) is 0 Å². The van der Waals surface area contributed by atoms with E-state index in [0.717, 1.165) is 6.42 Å². The third-order valence-corrected chi connectivity index (χ3v) is 3.08. The van der Waals surface area contributed by atoms with Gasteiger partial charge < -0.3 is 15.2 Å². The van der Waals surface area contributed by atoms with Gasteiger partial charge >= 0.3 is 12.1 Å². The molecular formula is C15H27NO4. The van der Waals surface area contributed by atoms with Gasteiger partial charge in [-0.05, 0) is 23.7 Å². The number of rotatable bonds is 7. The number of carboxylic acids is 1. The number of ether oxygens (including phenoxy) is 1. The van der Waals surface area contributed by atoms with Crippen molar-refractivity contribution < 1.29 is 19.4 Å². The van der Waals surface area contributed by atoms with Gasteiger partial charge in [0.2, 0.25) is 0 Å². The van der Waals surface area contributed by atoms with E-state index >= 15 is 0 Å². The maximum atomic E-state index is 11.6. The minimum Gasteiger partial charge on any atom is -0.480 e. The summed E-state index contributed by atoms with van der Waals surface area (Å²) in [7, 11) is 0. The highest BCUT2D eigenvalue weighted by Crippen LogP contribution is 2.25. The second-order valence-electron chi connectivity index (χ2n) is 6.82. The second-order valence-corrected chi connectivity index (χ2v) is 6.82. The molecule has 0 bridgehead atoms. The molecule has 0 unspecified atom stereocenters. The smallest absolute Gasteiger partial charge is 0.407 e. The number of hydrogen-bond donors (Lipinski definition) is 2. The zero-order valence-corrected chi connectivity index (χ0v) is 13.2. The van der Waals surface area contributed by atoms with Gasteiger partial charge in [-0.15, -0.1) is 6.58 Å². The van der Waals surface area contributed by atoms with E-state index in [1.165, 1.54) is 0 Å². The van der Waals surface area contributed by atoms with Crippen molar-refractivity contribution in [2.75, 3.05) is 6.61 Å². The van der Waals surface area contributed by atoms with Gasteiger partial charge in [0.25, 0.3) is 0 Å². The highest BCUT2D eigenvalue weighted by molar-refractivity contribution is 5.80. The predicted molar refractivity (Wildman–Crippen MR) is 78.6 cm³/mol. The van der Waals surface area contributed by atoms with Gasteiger partial charge in [-0.3, -0.25) is 0 Å². The Morgan fingerprint density at radius 3 is 2.25 bits per heavy atom. The molecule has 0 rings (SSSR count). The Labute approximate surface area is 121 Å². The van der Waals surface area contributed by atoms with Crippen LogP contribution in [-0.4, -0.2) is 29.8 Å². The van der Waals surface area contributed by atoms with Crippen molar-refractivity contribution in [2.45, 2.75) is 53.5 Å². The molecule has 0 aromatic heterocycles. The Morgan fingerprint density at radius 1 is 1.30 bits per heavy atom. The van der Waals surface area contributed by atoms with E-state index in [2.05, 4.69) is 25.7 Å². The van der Waals surface area contributed by atoms with Crippen LogP contribution in [0.25, 0.3) is 0 Å². The molecule has 0 saturated heterocycles. The molecule has 20 heavy (non-hydrogen) atoms. The van der Waals surface area contributed by atoms with Crippen LogP contribution in [-0.2, 0) is 9.53 Å². The molecule has 0 radical (unpaired) electrons. The van der Waals surface area contributed by atoms with E-state index in [1.54, 1.807) is 20.8 Å². The van der Waals surface area contributed by atoms with Crippen molar-refractivity contribution in [2.24, 2.45) is 10.8 Å². The van der Waals surface area contributed by atoms with Crippen molar-refractivity contribution in [3.8, 4) is 0 Å². The van der Waals surface area contributed by atoms with Crippen molar-refractivity contribution in [1.82, 2.24) is 5.32 Å². The number of carbonyl (C=O) groups is 2. The number of allylic oxidation sites excluding steroid dienone is 1. The fourth-order valence-electron chi connectivity index (χ4n) is 1.72. The number of nitrogens with one attached hydrogen (secondary N) is 1. The molecule has 1 amide bonds. The van der Waals surface area contributed by atoms with E-state index in [4.69, 9.17) is 9.84 Å². The number of carbonyl (C=O) groups excluding carboxylic acids is 1. The molecule has 0 heterocycles. The summed E-state index contributed by atoms with van der Waals surface area (Å²) in [5, 5.41) is 11.5. The highest BCUT2D eigenvalue weighted by Gasteiger charge is 2.33. The van der Waals surface area contributed by atoms with E-state index < -0.39 is 23.5 Å². The molecule has 5 nitrogen and oxygen atoms in total. The zero-order valence-electron chi connectivity index (χ0n) is 13.2. The van der Waals surface area contributed by atoms with E-state index in [1.807, 2.05) is 6.08 Å². The van der Waals surface area contributed by atoms with Gasteiger partial charge in [0.1, 0.15) is 6.04 Å². The maximum Gasteiger partial charge on any atom is 0.407 e. The molecule has 116 valence electrons. The van der Waals surface area contributed by atoms with Crippen molar-refractivity contribution >= 4 is 12.1 Å². The molecule has 0 aromatic carbocycles. The number of amides is 1. The Morgan fingerprint density at radius 2 is 1.85 bits per heavy atom. The van der Waals surface area contributed by atoms with Crippen LogP contribution in [0, 0.1) is 10.8 Å². The molecule has 0 aliphatic heterocycles. The molecule has 5 heteroatoms. The largest absolute Gasteiger partial charge is 0.480 e. The topological polar surface area (TPSA) is 75.6 Å². The van der Waals surface area contributed by atoms with Gasteiger partial charge in [-0.25, -0.2) is 9.59 Å². The summed E-state index contributed by atoms with van der Waals surface area (Å²) < 4.78 is 5.05. The number of hydrogen-bond acceptors (Lipinski definition) is 3. The van der Waals surface area contributed by atoms with Crippen LogP contribution in [0.4, 0.5) is 4.79 Å². The number of carboxylic acid groups (broad SMARTS) is 1. The van der Waals surface area contributed by atoms with Gasteiger partial charge in [-0.1, -0.05) is 40.7 Å². The normalized spacial score (nSPS) is 13.4. The summed E-state index contributed by atoms with van der Waals surface area (Å²) >= 11 is 0. The molecule has 0 aliphatic rings. The van der Waals surface area contributed by atoms with Crippen LogP contribution in [0.3, 0.4) is 0 Å². The predicted octanol–water partition coefficient (Wildman–Crippen LogP) is 3.20. The lowest BCUT2D eigenvalue weighted by atomic mass is 9.86. The fraction of sp³-hybridized carbons (Fsp3) is 0.733. The summed E-state index contributed by atoms with van der Waals surface area (Å²) in [4.78, 5) is 22.7. The van der Waals surface area contributed by atoms with Crippen LogP contribution < -0.4 is 5.32 Å². The molecule has 0 spiro atoms. The van der Waals surface area contributed by atoms with Gasteiger partial charge in [0.05, 0.1) is 6.61 Å². The first-order valence-corrected chi connectivity index (χ1v) is 6.76. The summed E-state index contributed by atoms with van der Waals surface area (Å²) in [5.41, 5.74) is -0.564. The Hall–Kier alpha value is -1.52. The molecule has 0 aromatic rings. The molecule has 2 N–H and O–H groups in total. The molecule has 1 atom stereocenters. The SMILES string of the molecule is C=CCC(C)(C)CCOC(=O)N[C@H](C(=O)O)C(C)(C)C. The monoisotopic (exact) mass is 285 g/mol. The molecular weight excluding hydrogens is 258 g/mol. The van der Waals surface area contributed by atoms with Crippen molar-refractivity contribution in [3.63, 3.8) is 0 Å². The molecule has 0 aliphatic carbocycles. The molecule has 0 fully saturated rings. The Kier molecular flexibility index (Phi) is 6.76. The van der Waals surface area contributed by atoms with Crippen LogP contribution in [0.5, 0.6) is 0 Å². The zero-order chi connectivity index (χ0) is 16.0. The second kappa shape index (κ2) is 7.31. The highest BCUT2D eigenvalue weighted by atomic mass is 16.5. The number of aliphatic carboxylic acids is 1. The first kappa shape index (κ1) is 18.5. The maximum absolute atomic E-state index is 11.6. The Balaban J connectivity index is 4.29. The quantitative estimate of drug-likeness (QED) is 0.704. The number of alkyl carbamates (subject to hydrolysis) is 1. The summed E-state index contributed by atoms with van der Waals surface area (Å²) in [6.07, 6.45) is 2.67. The van der Waals surface area contributed by atoms with Crippen LogP contribution in [0.2, 0.25) is 0 Å². The fourth-order valence-corrected chi connectivity index (χ4v) is 1.72. The lowest BCUT2D eigenvalue weighted by Gasteiger charge is -2.28. The Bertz CT molecular complexity index is 355. The lowest BCUT2D eigenvalue weighted by Crippen LogP contribution is -2.49. The minimum atomic E-state index is -1.07. The van der Waals surface area contributed by atoms with Gasteiger partial charge in [-0.2, -0.15) is 0 Å². The third-order valence-electron chi connectivity index (χ3n) is 3.08. The third kappa shape index (κ3) is 7.16. The molecule has 0 saturated carbocycles. The van der Waals surface area contributed by atoms with Gasteiger partial charge in [0.15, 0.2) is 0 Å². The standard InChI is InChI=1S/C15H27NO4/c1-7-8-15(5,6)9-10-20-13(19)16-11(12(17)18)14(2,3)4/h7,11H,1,8-10H2,2-6H3,(H,16,19)(H,17,18)/t11-/m1/s1. The first-order chi connectivity index (χ1) is 8.99. The average molecular weight is 285 g/mol. The van der Waals surface area contributed by atoms with Crippen LogP contribution in [0.15, 0.2) is 12.7 Å².